The average molecular weight is 170 g/mol. The highest BCUT2D eigenvalue weighted by molar-refractivity contribution is 5.67. The number of nitrogens with two attached hydrogens (primary N) is 1. The number of hydrogen-bond donors (Lipinski definition) is 4. The van der Waals surface area contributed by atoms with Gasteiger partial charge in [-0.2, -0.15) is 0 Å². The molecule has 12 heavy (non-hydrogen) atoms. The number of rotatable bonds is 3. The van der Waals surface area contributed by atoms with E-state index in [1.807, 2.05) is 0 Å². The third kappa shape index (κ3) is 2.00. The van der Waals surface area contributed by atoms with Gasteiger partial charge in [0.15, 0.2) is 5.88 Å². The molecule has 0 saturated heterocycles. The number of carboxylic acid groups (broad SMARTS) is 1. The van der Waals surface area contributed by atoms with Crippen LogP contribution in [0.2, 0.25) is 0 Å². The van der Waals surface area contributed by atoms with E-state index >= 15 is 0 Å². The molecule has 0 amide bonds. The van der Waals surface area contributed by atoms with Crippen molar-refractivity contribution in [3.63, 3.8) is 0 Å². The van der Waals surface area contributed by atoms with Crippen LogP contribution < -0.4 is 5.73 Å². The molecule has 0 saturated carbocycles. The summed E-state index contributed by atoms with van der Waals surface area (Å²) in [6.07, 6.45) is -0.153. The maximum absolute atomic E-state index is 10.2. The van der Waals surface area contributed by atoms with E-state index in [0.717, 1.165) is 0 Å². The summed E-state index contributed by atoms with van der Waals surface area (Å²) in [5, 5.41) is 17.3. The van der Waals surface area contributed by atoms with E-state index in [2.05, 4.69) is 4.98 Å². The van der Waals surface area contributed by atoms with Crippen molar-refractivity contribution in [2.75, 3.05) is 0 Å². The van der Waals surface area contributed by atoms with Crippen molar-refractivity contribution in [3.05, 3.63) is 17.8 Å². The van der Waals surface area contributed by atoms with Crippen LogP contribution in [-0.4, -0.2) is 21.2 Å². The van der Waals surface area contributed by atoms with Crippen molar-refractivity contribution < 1.29 is 15.0 Å². The predicted octanol–water partition coefficient (Wildman–Crippen LogP) is 0.195. The fourth-order valence-electron chi connectivity index (χ4n) is 0.914. The molecule has 1 atom stereocenters. The van der Waals surface area contributed by atoms with Gasteiger partial charge in [-0.3, -0.25) is 4.79 Å². The van der Waals surface area contributed by atoms with Crippen LogP contribution >= 0.6 is 0 Å². The minimum atomic E-state index is -0.961. The van der Waals surface area contributed by atoms with E-state index in [1.54, 1.807) is 6.07 Å². The van der Waals surface area contributed by atoms with Gasteiger partial charge >= 0.3 is 5.97 Å². The van der Waals surface area contributed by atoms with E-state index in [1.165, 1.54) is 6.07 Å². The van der Waals surface area contributed by atoms with Gasteiger partial charge in [-0.1, -0.05) is 0 Å². The van der Waals surface area contributed by atoms with E-state index in [0.29, 0.717) is 5.69 Å². The zero-order valence-corrected chi connectivity index (χ0v) is 6.32. The predicted molar refractivity (Wildman–Crippen MR) is 41.6 cm³/mol. The molecule has 0 aromatic carbocycles. The molecule has 0 aliphatic rings. The Morgan fingerprint density at radius 2 is 2.33 bits per heavy atom. The summed E-state index contributed by atoms with van der Waals surface area (Å²) in [5.74, 6) is -0.970. The lowest BCUT2D eigenvalue weighted by Crippen LogP contribution is -2.15. The van der Waals surface area contributed by atoms with Gasteiger partial charge in [-0.15, -0.1) is 0 Å². The molecule has 0 spiro atoms. The summed E-state index contributed by atoms with van der Waals surface area (Å²) in [7, 11) is 0. The van der Waals surface area contributed by atoms with Crippen LogP contribution in [0.3, 0.4) is 0 Å². The monoisotopic (exact) mass is 170 g/mol. The molecule has 1 rings (SSSR count). The van der Waals surface area contributed by atoms with Crippen LogP contribution in [-0.2, 0) is 4.79 Å². The molecular weight excluding hydrogens is 160 g/mol. The van der Waals surface area contributed by atoms with Crippen molar-refractivity contribution in [3.8, 4) is 5.88 Å². The van der Waals surface area contributed by atoms with Crippen LogP contribution in [0.1, 0.15) is 18.2 Å². The highest BCUT2D eigenvalue weighted by atomic mass is 16.4. The van der Waals surface area contributed by atoms with Crippen molar-refractivity contribution in [1.82, 2.24) is 4.98 Å². The van der Waals surface area contributed by atoms with Crippen LogP contribution in [0.25, 0.3) is 0 Å². The smallest absolute Gasteiger partial charge is 0.305 e. The van der Waals surface area contributed by atoms with E-state index in [-0.39, 0.29) is 12.3 Å². The van der Waals surface area contributed by atoms with Gasteiger partial charge in [-0.05, 0) is 12.1 Å². The normalized spacial score (nSPS) is 12.8. The van der Waals surface area contributed by atoms with Gasteiger partial charge in [0.1, 0.15) is 0 Å². The number of nitrogens with one attached hydrogen (secondary N) is 1. The fraction of sp³-hybridized carbons (Fsp3) is 0.286. The Bertz CT molecular complexity index is 282. The lowest BCUT2D eigenvalue weighted by Gasteiger charge is -2.04. The quantitative estimate of drug-likeness (QED) is 0.520. The molecule has 0 fully saturated rings. The van der Waals surface area contributed by atoms with E-state index in [9.17, 15) is 4.79 Å². The SMILES string of the molecule is N[C@H](CC(=O)O)c1ccc(O)[nH]1. The zero-order chi connectivity index (χ0) is 9.14. The first-order valence-corrected chi connectivity index (χ1v) is 3.45. The third-order valence-electron chi connectivity index (χ3n) is 1.49. The Morgan fingerprint density at radius 1 is 1.67 bits per heavy atom. The second-order valence-electron chi connectivity index (χ2n) is 2.50. The lowest BCUT2D eigenvalue weighted by atomic mass is 10.1. The highest BCUT2D eigenvalue weighted by Crippen LogP contribution is 2.15. The van der Waals surface area contributed by atoms with Crippen molar-refractivity contribution in [1.29, 1.82) is 0 Å². The Morgan fingerprint density at radius 3 is 2.75 bits per heavy atom. The fourth-order valence-corrected chi connectivity index (χ4v) is 0.914. The van der Waals surface area contributed by atoms with E-state index < -0.39 is 12.0 Å². The minimum Gasteiger partial charge on any atom is -0.495 e. The van der Waals surface area contributed by atoms with Crippen LogP contribution in [0.5, 0.6) is 5.88 Å². The zero-order valence-electron chi connectivity index (χ0n) is 6.32. The topological polar surface area (TPSA) is 99.3 Å². The molecular formula is C7H10N2O3. The van der Waals surface area contributed by atoms with Gasteiger partial charge in [0.25, 0.3) is 0 Å². The number of hydrogen-bond acceptors (Lipinski definition) is 3. The Labute approximate surface area is 68.8 Å². The molecule has 5 nitrogen and oxygen atoms in total. The molecule has 66 valence electrons. The summed E-state index contributed by atoms with van der Waals surface area (Å²) < 4.78 is 0. The largest absolute Gasteiger partial charge is 0.495 e. The molecule has 0 bridgehead atoms. The first-order chi connectivity index (χ1) is 5.59. The maximum atomic E-state index is 10.2. The van der Waals surface area contributed by atoms with Crippen molar-refractivity contribution >= 4 is 5.97 Å². The number of aromatic nitrogens is 1. The average Bonchev–Trinajstić information content (AvgIpc) is 2.34. The summed E-state index contributed by atoms with van der Waals surface area (Å²) in [6.45, 7) is 0. The first kappa shape index (κ1) is 8.61. The maximum Gasteiger partial charge on any atom is 0.305 e. The van der Waals surface area contributed by atoms with Gasteiger partial charge in [0, 0.05) is 5.69 Å². The van der Waals surface area contributed by atoms with Gasteiger partial charge in [0.05, 0.1) is 12.5 Å². The number of aliphatic carboxylic acids is 1. The minimum absolute atomic E-state index is 0.00848. The molecule has 5 N–H and O–H groups in total. The third-order valence-corrected chi connectivity index (χ3v) is 1.49. The molecule has 0 unspecified atom stereocenters. The number of aromatic amines is 1. The van der Waals surface area contributed by atoms with Gasteiger partial charge in [-0.25, -0.2) is 0 Å². The number of carbonyl (C=O) groups is 1. The molecule has 1 aromatic rings. The van der Waals surface area contributed by atoms with Crippen LogP contribution in [0.4, 0.5) is 0 Å². The van der Waals surface area contributed by atoms with Crippen molar-refractivity contribution in [2.45, 2.75) is 12.5 Å². The Hall–Kier alpha value is -1.49. The Balaban J connectivity index is 2.64. The van der Waals surface area contributed by atoms with Gasteiger partial charge < -0.3 is 20.9 Å². The van der Waals surface area contributed by atoms with Crippen molar-refractivity contribution in [2.24, 2.45) is 5.73 Å². The molecule has 5 heteroatoms. The molecule has 0 radical (unpaired) electrons. The number of H-pyrrole nitrogens is 1. The first-order valence-electron chi connectivity index (χ1n) is 3.45. The van der Waals surface area contributed by atoms with Gasteiger partial charge in [0.2, 0.25) is 0 Å². The second kappa shape index (κ2) is 3.27. The second-order valence-corrected chi connectivity index (χ2v) is 2.50. The number of aromatic hydroxyl groups is 1. The lowest BCUT2D eigenvalue weighted by molar-refractivity contribution is -0.137. The van der Waals surface area contributed by atoms with Crippen LogP contribution in [0.15, 0.2) is 12.1 Å². The molecule has 1 aromatic heterocycles. The summed E-state index contributed by atoms with van der Waals surface area (Å²) >= 11 is 0. The highest BCUT2D eigenvalue weighted by Gasteiger charge is 2.11. The standard InChI is InChI=1S/C7H10N2O3/c8-4(3-7(11)12)5-1-2-6(10)9-5/h1-2,4,9-10H,3,8H2,(H,11,12)/t4-/m1/s1. The summed E-state index contributed by atoms with van der Waals surface area (Å²) in [4.78, 5) is 12.8. The Kier molecular flexibility index (Phi) is 2.35. The molecule has 0 aliphatic carbocycles. The van der Waals surface area contributed by atoms with Crippen LogP contribution in [0, 0.1) is 0 Å². The van der Waals surface area contributed by atoms with E-state index in [4.69, 9.17) is 15.9 Å². The summed E-state index contributed by atoms with van der Waals surface area (Å²) in [5.41, 5.74) is 6.01. The summed E-state index contributed by atoms with van der Waals surface area (Å²) in [6, 6.07) is 2.39. The molecule has 0 aliphatic heterocycles. The number of carboxylic acids is 1. The molecule has 1 heterocycles.